The molecule has 0 bridgehead atoms. The summed E-state index contributed by atoms with van der Waals surface area (Å²) in [5.74, 6) is 0.365. The number of anilines is 1. The Labute approximate surface area is 171 Å². The fourth-order valence-electron chi connectivity index (χ4n) is 2.65. The van der Waals surface area contributed by atoms with Gasteiger partial charge in [-0.2, -0.15) is 14.6 Å². The summed E-state index contributed by atoms with van der Waals surface area (Å²) in [6, 6.07) is 16.4. The number of fused-ring (bicyclic) bond motifs is 1. The van der Waals surface area contributed by atoms with Gasteiger partial charge in [0.2, 0.25) is 0 Å². The quantitative estimate of drug-likeness (QED) is 0.482. The number of para-hydroxylation sites is 1. The summed E-state index contributed by atoms with van der Waals surface area (Å²) >= 11 is 7.40. The SMILES string of the molecule is CCc1cc(Sc2ccccc2NC(=O)c2ccc(Cl)cc2)n2ncnc2n1. The van der Waals surface area contributed by atoms with E-state index in [1.807, 2.05) is 37.3 Å². The highest BCUT2D eigenvalue weighted by Crippen LogP contribution is 2.33. The van der Waals surface area contributed by atoms with Crippen molar-refractivity contribution in [1.29, 1.82) is 0 Å². The van der Waals surface area contributed by atoms with Gasteiger partial charge in [0.15, 0.2) is 0 Å². The first-order valence-electron chi connectivity index (χ1n) is 8.67. The molecule has 28 heavy (non-hydrogen) atoms. The fourth-order valence-corrected chi connectivity index (χ4v) is 3.79. The Kier molecular flexibility index (Phi) is 5.27. The van der Waals surface area contributed by atoms with Crippen molar-refractivity contribution in [1.82, 2.24) is 19.6 Å². The first kappa shape index (κ1) is 18.5. The van der Waals surface area contributed by atoms with Crippen LogP contribution in [-0.4, -0.2) is 25.5 Å². The van der Waals surface area contributed by atoms with E-state index in [4.69, 9.17) is 11.6 Å². The zero-order valence-electron chi connectivity index (χ0n) is 15.0. The van der Waals surface area contributed by atoms with Gasteiger partial charge in [-0.05, 0) is 48.9 Å². The number of carbonyl (C=O) groups is 1. The van der Waals surface area contributed by atoms with Crippen LogP contribution in [-0.2, 0) is 6.42 Å². The van der Waals surface area contributed by atoms with Gasteiger partial charge in [0.05, 0.1) is 5.69 Å². The van der Waals surface area contributed by atoms with E-state index >= 15 is 0 Å². The molecule has 2 aromatic carbocycles. The van der Waals surface area contributed by atoms with E-state index in [9.17, 15) is 4.79 Å². The maximum atomic E-state index is 12.6. The van der Waals surface area contributed by atoms with Gasteiger partial charge in [0.1, 0.15) is 11.4 Å². The van der Waals surface area contributed by atoms with E-state index in [0.29, 0.717) is 16.4 Å². The molecule has 0 aliphatic carbocycles. The first-order valence-corrected chi connectivity index (χ1v) is 9.87. The van der Waals surface area contributed by atoms with Crippen molar-refractivity contribution in [2.45, 2.75) is 23.3 Å². The molecule has 0 spiro atoms. The van der Waals surface area contributed by atoms with Crippen molar-refractivity contribution in [2.24, 2.45) is 0 Å². The van der Waals surface area contributed by atoms with Gasteiger partial charge in [-0.15, -0.1) is 0 Å². The second-order valence-electron chi connectivity index (χ2n) is 5.97. The molecule has 0 aliphatic rings. The predicted octanol–water partition coefficient (Wildman–Crippen LogP) is 4.74. The number of amides is 1. The molecule has 0 saturated carbocycles. The number of aryl methyl sites for hydroxylation is 1. The van der Waals surface area contributed by atoms with E-state index in [1.54, 1.807) is 28.8 Å². The van der Waals surface area contributed by atoms with Crippen molar-refractivity contribution in [2.75, 3.05) is 5.32 Å². The molecule has 0 atom stereocenters. The lowest BCUT2D eigenvalue weighted by atomic mass is 10.2. The van der Waals surface area contributed by atoms with Crippen LogP contribution < -0.4 is 5.32 Å². The Bertz CT molecular complexity index is 1140. The third-order valence-corrected chi connectivity index (χ3v) is 5.42. The van der Waals surface area contributed by atoms with Gasteiger partial charge in [-0.25, -0.2) is 4.98 Å². The first-order chi connectivity index (χ1) is 13.6. The third-order valence-electron chi connectivity index (χ3n) is 4.09. The topological polar surface area (TPSA) is 72.2 Å². The van der Waals surface area contributed by atoms with E-state index < -0.39 is 0 Å². The normalized spacial score (nSPS) is 10.9. The zero-order chi connectivity index (χ0) is 19.5. The number of aromatic nitrogens is 4. The highest BCUT2D eigenvalue weighted by atomic mass is 35.5. The molecule has 0 aliphatic heterocycles. The minimum atomic E-state index is -0.195. The van der Waals surface area contributed by atoms with Crippen molar-refractivity contribution >= 4 is 40.7 Å². The average molecular weight is 410 g/mol. The molecular weight excluding hydrogens is 394 g/mol. The Morgan fingerprint density at radius 2 is 1.96 bits per heavy atom. The summed E-state index contributed by atoms with van der Waals surface area (Å²) in [6.45, 7) is 2.05. The second-order valence-corrected chi connectivity index (χ2v) is 7.47. The average Bonchev–Trinajstić information content (AvgIpc) is 3.18. The number of rotatable bonds is 5. The number of hydrogen-bond donors (Lipinski definition) is 1. The molecule has 6 nitrogen and oxygen atoms in total. The Balaban J connectivity index is 1.64. The van der Waals surface area contributed by atoms with E-state index in [1.165, 1.54) is 18.1 Å². The fraction of sp³-hybridized carbons (Fsp3) is 0.100. The molecule has 0 fully saturated rings. The Morgan fingerprint density at radius 3 is 2.75 bits per heavy atom. The standard InChI is InChI=1S/C20H16ClN5OS/c1-2-15-11-18(26-20(24-15)22-12-23-26)28-17-6-4-3-5-16(17)25-19(27)13-7-9-14(21)10-8-13/h3-12H,2H2,1H3,(H,25,27). The van der Waals surface area contributed by atoms with Crippen LogP contribution in [0.15, 0.2) is 70.8 Å². The van der Waals surface area contributed by atoms with Gasteiger partial charge in [-0.1, -0.05) is 42.4 Å². The van der Waals surface area contributed by atoms with Crippen LogP contribution in [0.25, 0.3) is 5.78 Å². The molecule has 4 rings (SSSR count). The van der Waals surface area contributed by atoms with E-state index in [-0.39, 0.29) is 5.91 Å². The molecular formula is C20H16ClN5OS. The van der Waals surface area contributed by atoms with Gasteiger partial charge < -0.3 is 5.32 Å². The summed E-state index contributed by atoms with van der Waals surface area (Å²) in [5.41, 5.74) is 2.20. The summed E-state index contributed by atoms with van der Waals surface area (Å²) in [7, 11) is 0. The molecule has 4 aromatic rings. The molecule has 1 amide bonds. The molecule has 2 heterocycles. The molecule has 140 valence electrons. The number of hydrogen-bond acceptors (Lipinski definition) is 5. The van der Waals surface area contributed by atoms with Crippen LogP contribution in [0.3, 0.4) is 0 Å². The zero-order valence-corrected chi connectivity index (χ0v) is 16.5. The number of benzene rings is 2. The monoisotopic (exact) mass is 409 g/mol. The van der Waals surface area contributed by atoms with E-state index in [2.05, 4.69) is 20.4 Å². The Morgan fingerprint density at radius 1 is 1.18 bits per heavy atom. The number of carbonyl (C=O) groups excluding carboxylic acids is 1. The highest BCUT2D eigenvalue weighted by Gasteiger charge is 2.13. The lowest BCUT2D eigenvalue weighted by molar-refractivity contribution is 0.102. The highest BCUT2D eigenvalue weighted by molar-refractivity contribution is 7.99. The van der Waals surface area contributed by atoms with Crippen molar-refractivity contribution < 1.29 is 4.79 Å². The van der Waals surface area contributed by atoms with Crippen molar-refractivity contribution in [3.8, 4) is 0 Å². The molecule has 8 heteroatoms. The van der Waals surface area contributed by atoms with Crippen LogP contribution in [0.2, 0.25) is 5.02 Å². The van der Waals surface area contributed by atoms with Crippen LogP contribution in [0, 0.1) is 0 Å². The van der Waals surface area contributed by atoms with Gasteiger partial charge in [-0.3, -0.25) is 4.79 Å². The smallest absolute Gasteiger partial charge is 0.255 e. The second kappa shape index (κ2) is 8.00. The number of halogens is 1. The van der Waals surface area contributed by atoms with Crippen LogP contribution >= 0.6 is 23.4 Å². The largest absolute Gasteiger partial charge is 0.321 e. The number of nitrogens with one attached hydrogen (secondary N) is 1. The number of nitrogens with zero attached hydrogens (tertiary/aromatic N) is 4. The maximum Gasteiger partial charge on any atom is 0.255 e. The molecule has 0 unspecified atom stereocenters. The van der Waals surface area contributed by atoms with E-state index in [0.717, 1.165) is 27.7 Å². The van der Waals surface area contributed by atoms with Gasteiger partial charge in [0.25, 0.3) is 11.7 Å². The molecule has 0 radical (unpaired) electrons. The lowest BCUT2D eigenvalue weighted by Gasteiger charge is -2.12. The third kappa shape index (κ3) is 3.85. The Hall–Kier alpha value is -2.90. The summed E-state index contributed by atoms with van der Waals surface area (Å²) < 4.78 is 1.70. The molecule has 0 saturated heterocycles. The van der Waals surface area contributed by atoms with Gasteiger partial charge >= 0.3 is 0 Å². The molecule has 1 N–H and O–H groups in total. The van der Waals surface area contributed by atoms with Crippen LogP contribution in [0.5, 0.6) is 0 Å². The lowest BCUT2D eigenvalue weighted by Crippen LogP contribution is -2.12. The van der Waals surface area contributed by atoms with Crippen LogP contribution in [0.4, 0.5) is 5.69 Å². The maximum absolute atomic E-state index is 12.6. The summed E-state index contributed by atoms with van der Waals surface area (Å²) in [5, 5.41) is 8.71. The van der Waals surface area contributed by atoms with Crippen molar-refractivity contribution in [3.05, 3.63) is 77.2 Å². The van der Waals surface area contributed by atoms with Crippen molar-refractivity contribution in [3.63, 3.8) is 0 Å². The summed E-state index contributed by atoms with van der Waals surface area (Å²) in [6.07, 6.45) is 2.28. The summed E-state index contributed by atoms with van der Waals surface area (Å²) in [4.78, 5) is 22.2. The molecule has 2 aromatic heterocycles. The minimum Gasteiger partial charge on any atom is -0.321 e. The predicted molar refractivity (Wildman–Crippen MR) is 110 cm³/mol. The van der Waals surface area contributed by atoms with Gasteiger partial charge in [0, 0.05) is 21.2 Å². The van der Waals surface area contributed by atoms with Crippen LogP contribution in [0.1, 0.15) is 23.0 Å². The minimum absolute atomic E-state index is 0.195.